The topological polar surface area (TPSA) is 45.7 Å². The molecule has 118 valence electrons. The summed E-state index contributed by atoms with van der Waals surface area (Å²) in [5.74, 6) is 2.59. The van der Waals surface area contributed by atoms with Crippen LogP contribution in [0, 0.1) is 5.92 Å². The second kappa shape index (κ2) is 9.87. The van der Waals surface area contributed by atoms with Gasteiger partial charge in [-0.2, -0.15) is 0 Å². The molecule has 2 rings (SSSR count). The van der Waals surface area contributed by atoms with Crippen molar-refractivity contribution in [3.8, 4) is 5.75 Å². The Morgan fingerprint density at radius 2 is 2.05 bits per heavy atom. The van der Waals surface area contributed by atoms with Gasteiger partial charge in [-0.1, -0.05) is 25.1 Å². The summed E-state index contributed by atoms with van der Waals surface area (Å²) in [5.41, 5.74) is 1.17. The number of hydrogen-bond acceptors (Lipinski definition) is 2. The molecular formula is C16H26IN3O. The van der Waals surface area contributed by atoms with Gasteiger partial charge >= 0.3 is 0 Å². The van der Waals surface area contributed by atoms with Gasteiger partial charge in [-0.3, -0.25) is 4.99 Å². The van der Waals surface area contributed by atoms with Crippen LogP contribution in [0.2, 0.25) is 0 Å². The van der Waals surface area contributed by atoms with Crippen molar-refractivity contribution in [1.82, 2.24) is 10.6 Å². The van der Waals surface area contributed by atoms with Crippen LogP contribution in [-0.2, 0) is 6.54 Å². The first-order valence-corrected chi connectivity index (χ1v) is 7.48. The number of para-hydroxylation sites is 1. The molecule has 1 saturated carbocycles. The van der Waals surface area contributed by atoms with E-state index in [2.05, 4.69) is 28.6 Å². The van der Waals surface area contributed by atoms with Crippen LogP contribution in [0.3, 0.4) is 0 Å². The average Bonchev–Trinajstić information content (AvgIpc) is 3.30. The van der Waals surface area contributed by atoms with E-state index in [1.807, 2.05) is 18.2 Å². The third kappa shape index (κ3) is 6.54. The summed E-state index contributed by atoms with van der Waals surface area (Å²) in [6.07, 6.45) is 3.71. The van der Waals surface area contributed by atoms with Crippen LogP contribution in [-0.4, -0.2) is 26.2 Å². The van der Waals surface area contributed by atoms with Crippen LogP contribution < -0.4 is 15.4 Å². The number of benzene rings is 1. The number of guanidine groups is 1. The molecular weight excluding hydrogens is 377 g/mol. The molecule has 1 aromatic carbocycles. The molecule has 0 amide bonds. The minimum atomic E-state index is 0. The van der Waals surface area contributed by atoms with Gasteiger partial charge in [-0.25, -0.2) is 0 Å². The van der Waals surface area contributed by atoms with Gasteiger partial charge in [0.2, 0.25) is 0 Å². The van der Waals surface area contributed by atoms with Crippen molar-refractivity contribution in [1.29, 1.82) is 0 Å². The van der Waals surface area contributed by atoms with Crippen molar-refractivity contribution in [3.63, 3.8) is 0 Å². The summed E-state index contributed by atoms with van der Waals surface area (Å²) in [6.45, 7) is 4.64. The second-order valence-electron chi connectivity index (χ2n) is 5.21. The van der Waals surface area contributed by atoms with Crippen LogP contribution >= 0.6 is 24.0 Å². The molecule has 0 spiro atoms. The van der Waals surface area contributed by atoms with Crippen LogP contribution in [0.15, 0.2) is 29.3 Å². The molecule has 0 bridgehead atoms. The van der Waals surface area contributed by atoms with Crippen molar-refractivity contribution in [3.05, 3.63) is 29.8 Å². The Hall–Kier alpha value is -0.980. The predicted molar refractivity (Wildman–Crippen MR) is 98.6 cm³/mol. The van der Waals surface area contributed by atoms with Crippen molar-refractivity contribution >= 4 is 29.9 Å². The summed E-state index contributed by atoms with van der Waals surface area (Å²) in [5, 5.41) is 6.59. The molecule has 0 aliphatic heterocycles. The zero-order valence-corrected chi connectivity index (χ0v) is 15.2. The standard InChI is InChI=1S/C16H25N3O.HI/c1-3-10-18-16(17-2)19-11-14-6-4-5-7-15(14)20-12-13-8-9-13;/h4-7,13H,3,8-12H2,1-2H3,(H2,17,18,19);1H. The summed E-state index contributed by atoms with van der Waals surface area (Å²) in [7, 11) is 1.79. The minimum absolute atomic E-state index is 0. The van der Waals surface area contributed by atoms with Gasteiger partial charge in [0.05, 0.1) is 6.61 Å². The Bertz CT molecular complexity index is 447. The number of nitrogens with one attached hydrogen (secondary N) is 2. The maximum absolute atomic E-state index is 5.91. The first kappa shape index (κ1) is 18.1. The van der Waals surface area contributed by atoms with Crippen LogP contribution in [0.25, 0.3) is 0 Å². The van der Waals surface area contributed by atoms with E-state index in [1.54, 1.807) is 7.05 Å². The first-order chi connectivity index (χ1) is 9.83. The molecule has 0 radical (unpaired) electrons. The quantitative estimate of drug-likeness (QED) is 0.418. The number of rotatable bonds is 7. The molecule has 1 fully saturated rings. The smallest absolute Gasteiger partial charge is 0.191 e. The SMILES string of the molecule is CCCNC(=NC)NCc1ccccc1OCC1CC1.I. The Morgan fingerprint density at radius 3 is 2.71 bits per heavy atom. The Labute approximate surface area is 144 Å². The molecule has 2 N–H and O–H groups in total. The van der Waals surface area contributed by atoms with Gasteiger partial charge in [0.25, 0.3) is 0 Å². The fourth-order valence-corrected chi connectivity index (χ4v) is 1.93. The first-order valence-electron chi connectivity index (χ1n) is 7.48. The van der Waals surface area contributed by atoms with E-state index < -0.39 is 0 Å². The summed E-state index contributed by atoms with van der Waals surface area (Å²) < 4.78 is 5.91. The van der Waals surface area contributed by atoms with Gasteiger partial charge in [-0.15, -0.1) is 24.0 Å². The number of nitrogens with zero attached hydrogens (tertiary/aromatic N) is 1. The highest BCUT2D eigenvalue weighted by atomic mass is 127. The zero-order valence-electron chi connectivity index (χ0n) is 12.9. The molecule has 0 unspecified atom stereocenters. The highest BCUT2D eigenvalue weighted by Crippen LogP contribution is 2.30. The van der Waals surface area contributed by atoms with E-state index in [1.165, 1.54) is 18.4 Å². The monoisotopic (exact) mass is 403 g/mol. The Kier molecular flexibility index (Phi) is 8.49. The third-order valence-corrected chi connectivity index (χ3v) is 3.36. The van der Waals surface area contributed by atoms with E-state index in [-0.39, 0.29) is 24.0 Å². The summed E-state index contributed by atoms with van der Waals surface area (Å²) >= 11 is 0. The number of halogens is 1. The largest absolute Gasteiger partial charge is 0.493 e. The number of ether oxygens (including phenoxy) is 1. The van der Waals surface area contributed by atoms with Crippen molar-refractivity contribution in [2.45, 2.75) is 32.7 Å². The van der Waals surface area contributed by atoms with E-state index in [0.717, 1.165) is 43.7 Å². The molecule has 21 heavy (non-hydrogen) atoms. The van der Waals surface area contributed by atoms with Crippen LogP contribution in [0.1, 0.15) is 31.7 Å². The summed E-state index contributed by atoms with van der Waals surface area (Å²) in [6, 6.07) is 8.21. The number of hydrogen-bond donors (Lipinski definition) is 2. The molecule has 1 aliphatic carbocycles. The van der Waals surface area contributed by atoms with Gasteiger partial charge < -0.3 is 15.4 Å². The predicted octanol–water partition coefficient (Wildman–Crippen LogP) is 3.17. The molecule has 0 atom stereocenters. The molecule has 0 aromatic heterocycles. The lowest BCUT2D eigenvalue weighted by Gasteiger charge is -2.14. The van der Waals surface area contributed by atoms with E-state index in [0.29, 0.717) is 0 Å². The van der Waals surface area contributed by atoms with Crippen molar-refractivity contribution in [2.24, 2.45) is 10.9 Å². The lowest BCUT2D eigenvalue weighted by atomic mass is 10.2. The van der Waals surface area contributed by atoms with E-state index in [4.69, 9.17) is 4.74 Å². The van der Waals surface area contributed by atoms with Crippen LogP contribution in [0.4, 0.5) is 0 Å². The van der Waals surface area contributed by atoms with E-state index >= 15 is 0 Å². The second-order valence-corrected chi connectivity index (χ2v) is 5.21. The maximum Gasteiger partial charge on any atom is 0.191 e. The molecule has 1 aromatic rings. The van der Waals surface area contributed by atoms with Crippen molar-refractivity contribution in [2.75, 3.05) is 20.2 Å². The molecule has 5 heteroatoms. The highest BCUT2D eigenvalue weighted by Gasteiger charge is 2.22. The molecule has 0 saturated heterocycles. The number of aliphatic imine (C=N–C) groups is 1. The van der Waals surface area contributed by atoms with Gasteiger partial charge in [-0.05, 0) is 31.2 Å². The fraction of sp³-hybridized carbons (Fsp3) is 0.562. The highest BCUT2D eigenvalue weighted by molar-refractivity contribution is 14.0. The van der Waals surface area contributed by atoms with E-state index in [9.17, 15) is 0 Å². The average molecular weight is 403 g/mol. The lowest BCUT2D eigenvalue weighted by Crippen LogP contribution is -2.37. The fourth-order valence-electron chi connectivity index (χ4n) is 1.93. The molecule has 0 heterocycles. The molecule has 4 nitrogen and oxygen atoms in total. The maximum atomic E-state index is 5.91. The minimum Gasteiger partial charge on any atom is -0.493 e. The Morgan fingerprint density at radius 1 is 1.29 bits per heavy atom. The van der Waals surface area contributed by atoms with Gasteiger partial charge in [0.15, 0.2) is 5.96 Å². The zero-order chi connectivity index (χ0) is 14.2. The van der Waals surface area contributed by atoms with Crippen LogP contribution in [0.5, 0.6) is 5.75 Å². The Balaban J connectivity index is 0.00000220. The lowest BCUT2D eigenvalue weighted by molar-refractivity contribution is 0.296. The third-order valence-electron chi connectivity index (χ3n) is 3.36. The van der Waals surface area contributed by atoms with Gasteiger partial charge in [0.1, 0.15) is 5.75 Å². The van der Waals surface area contributed by atoms with Gasteiger partial charge in [0, 0.05) is 25.7 Å². The molecule has 1 aliphatic rings. The van der Waals surface area contributed by atoms with Crippen molar-refractivity contribution < 1.29 is 4.74 Å². The normalized spacial score (nSPS) is 14.3. The summed E-state index contributed by atoms with van der Waals surface area (Å²) in [4.78, 5) is 4.21.